The normalized spacial score (nSPS) is 11.6. The van der Waals surface area contributed by atoms with Crippen molar-refractivity contribution in [3.63, 3.8) is 0 Å². The summed E-state index contributed by atoms with van der Waals surface area (Å²) in [5, 5.41) is 2.87. The second-order valence-corrected chi connectivity index (χ2v) is 11.6. The van der Waals surface area contributed by atoms with Crippen molar-refractivity contribution in [3.05, 3.63) is 89.5 Å². The minimum atomic E-state index is -3.57. The van der Waals surface area contributed by atoms with Crippen molar-refractivity contribution in [2.45, 2.75) is 39.7 Å². The zero-order valence-electron chi connectivity index (χ0n) is 22.2. The van der Waals surface area contributed by atoms with Crippen LogP contribution in [-0.4, -0.2) is 40.3 Å². The van der Waals surface area contributed by atoms with E-state index in [-0.39, 0.29) is 17.9 Å². The monoisotopic (exact) mass is 524 g/mol. The molecule has 0 aromatic heterocycles. The van der Waals surface area contributed by atoms with E-state index in [1.807, 2.05) is 25.1 Å². The van der Waals surface area contributed by atoms with Gasteiger partial charge in [-0.25, -0.2) is 8.42 Å². The molecule has 0 unspecified atom stereocenters. The number of ether oxygens (including phenoxy) is 2. The molecule has 37 heavy (non-hydrogen) atoms. The molecule has 1 amide bonds. The van der Waals surface area contributed by atoms with Crippen LogP contribution in [0.5, 0.6) is 11.5 Å². The van der Waals surface area contributed by atoms with Crippen molar-refractivity contribution < 1.29 is 22.7 Å². The van der Waals surface area contributed by atoms with Crippen LogP contribution in [0.4, 0.5) is 5.69 Å². The van der Waals surface area contributed by atoms with E-state index in [2.05, 4.69) is 32.2 Å². The Morgan fingerprint density at radius 3 is 2.14 bits per heavy atom. The molecule has 0 atom stereocenters. The Hall–Kier alpha value is -3.52. The topological polar surface area (TPSA) is 84.9 Å². The van der Waals surface area contributed by atoms with Gasteiger partial charge >= 0.3 is 0 Å². The minimum Gasteiger partial charge on any atom is -0.492 e. The van der Waals surface area contributed by atoms with Gasteiger partial charge in [-0.3, -0.25) is 9.10 Å². The third-order valence-corrected chi connectivity index (χ3v) is 6.84. The first-order valence-corrected chi connectivity index (χ1v) is 14.1. The molecule has 3 aromatic rings. The molecule has 0 heterocycles. The van der Waals surface area contributed by atoms with Crippen LogP contribution in [0.2, 0.25) is 0 Å². The number of nitrogens with zero attached hydrogens (tertiary/aromatic N) is 1. The Morgan fingerprint density at radius 2 is 1.51 bits per heavy atom. The molecule has 0 aliphatic carbocycles. The maximum absolute atomic E-state index is 12.6. The number of nitrogens with one attached hydrogen (secondary N) is 1. The molecule has 0 saturated heterocycles. The molecule has 0 fully saturated rings. The predicted octanol–water partition coefficient (Wildman–Crippen LogP) is 5.16. The first-order valence-electron chi connectivity index (χ1n) is 12.3. The van der Waals surface area contributed by atoms with Crippen molar-refractivity contribution in [1.82, 2.24) is 5.32 Å². The first kappa shape index (κ1) is 28.1. The molecule has 198 valence electrons. The fourth-order valence-corrected chi connectivity index (χ4v) is 4.78. The molecule has 0 aliphatic heterocycles. The number of anilines is 1. The standard InChI is InChI=1S/C29H36N2O5S/c1-6-35-27-14-10-8-12-25(27)31(37(5,33)34)21-22-15-17-23(18-16-22)28(32)30-19-20-36-26-13-9-7-11-24(26)29(2,3)4/h7-18H,6,19-21H2,1-5H3,(H,30,32). The summed E-state index contributed by atoms with van der Waals surface area (Å²) in [6.07, 6.45) is 1.17. The molecule has 0 saturated carbocycles. The highest BCUT2D eigenvalue weighted by molar-refractivity contribution is 7.92. The SMILES string of the molecule is CCOc1ccccc1N(Cc1ccc(C(=O)NCCOc2ccccc2C(C)(C)C)cc1)S(C)(=O)=O. The summed E-state index contributed by atoms with van der Waals surface area (Å²) in [4.78, 5) is 12.6. The average molecular weight is 525 g/mol. The third kappa shape index (κ3) is 7.73. The average Bonchev–Trinajstić information content (AvgIpc) is 2.85. The van der Waals surface area contributed by atoms with Gasteiger partial charge in [0.25, 0.3) is 5.91 Å². The number of sulfonamides is 1. The second-order valence-electron chi connectivity index (χ2n) is 9.72. The quantitative estimate of drug-likeness (QED) is 0.350. The molecule has 1 N–H and O–H groups in total. The van der Waals surface area contributed by atoms with Gasteiger partial charge < -0.3 is 14.8 Å². The zero-order valence-corrected chi connectivity index (χ0v) is 23.0. The Kier molecular flexibility index (Phi) is 9.21. The zero-order chi connectivity index (χ0) is 27.1. The summed E-state index contributed by atoms with van der Waals surface area (Å²) in [5.74, 6) is 1.09. The number of para-hydroxylation sites is 3. The molecular formula is C29H36N2O5S. The lowest BCUT2D eigenvalue weighted by molar-refractivity contribution is 0.0946. The summed E-state index contributed by atoms with van der Waals surface area (Å²) in [6, 6.07) is 21.8. The van der Waals surface area contributed by atoms with Crippen LogP contribution in [-0.2, 0) is 22.0 Å². The van der Waals surface area contributed by atoms with Crippen molar-refractivity contribution in [1.29, 1.82) is 0 Å². The van der Waals surface area contributed by atoms with Crippen LogP contribution in [0.3, 0.4) is 0 Å². The number of hydrogen-bond donors (Lipinski definition) is 1. The van der Waals surface area contributed by atoms with Gasteiger partial charge in [-0.05, 0) is 53.8 Å². The van der Waals surface area contributed by atoms with E-state index in [1.165, 1.54) is 10.6 Å². The van der Waals surface area contributed by atoms with Crippen LogP contribution in [0.15, 0.2) is 72.8 Å². The summed E-state index contributed by atoms with van der Waals surface area (Å²) in [5.41, 5.74) is 2.78. The molecule has 0 aliphatic rings. The van der Waals surface area contributed by atoms with Crippen LogP contribution in [0.1, 0.15) is 49.2 Å². The maximum atomic E-state index is 12.6. The smallest absolute Gasteiger partial charge is 0.251 e. The molecule has 7 nitrogen and oxygen atoms in total. The van der Waals surface area contributed by atoms with Crippen molar-refractivity contribution in [2.24, 2.45) is 0 Å². The highest BCUT2D eigenvalue weighted by atomic mass is 32.2. The third-order valence-electron chi connectivity index (χ3n) is 5.72. The molecule has 3 rings (SSSR count). The Balaban J connectivity index is 1.61. The fourth-order valence-electron chi connectivity index (χ4n) is 3.89. The van der Waals surface area contributed by atoms with Crippen LogP contribution in [0.25, 0.3) is 0 Å². The highest BCUT2D eigenvalue weighted by Gasteiger charge is 2.22. The van der Waals surface area contributed by atoms with E-state index in [9.17, 15) is 13.2 Å². The first-order chi connectivity index (χ1) is 17.5. The van der Waals surface area contributed by atoms with Gasteiger partial charge in [-0.15, -0.1) is 0 Å². The van der Waals surface area contributed by atoms with Crippen LogP contribution in [0, 0.1) is 0 Å². The van der Waals surface area contributed by atoms with Gasteiger partial charge in [-0.1, -0.05) is 63.2 Å². The maximum Gasteiger partial charge on any atom is 0.251 e. The molecule has 0 spiro atoms. The molecule has 0 radical (unpaired) electrons. The lowest BCUT2D eigenvalue weighted by Crippen LogP contribution is -2.30. The van der Waals surface area contributed by atoms with E-state index >= 15 is 0 Å². The molecule has 0 bridgehead atoms. The van der Waals surface area contributed by atoms with Crippen molar-refractivity contribution >= 4 is 21.6 Å². The molecular weight excluding hydrogens is 488 g/mol. The number of benzene rings is 3. The largest absolute Gasteiger partial charge is 0.492 e. The van der Waals surface area contributed by atoms with Gasteiger partial charge in [0, 0.05) is 5.56 Å². The van der Waals surface area contributed by atoms with Crippen molar-refractivity contribution in [3.8, 4) is 11.5 Å². The number of carbonyl (C=O) groups excluding carboxylic acids is 1. The van der Waals surface area contributed by atoms with Gasteiger partial charge in [0.1, 0.15) is 18.1 Å². The summed E-state index contributed by atoms with van der Waals surface area (Å²) < 4.78 is 38.0. The predicted molar refractivity (Wildman–Crippen MR) is 148 cm³/mol. The van der Waals surface area contributed by atoms with Gasteiger partial charge in [-0.2, -0.15) is 0 Å². The Labute approximate surface area is 220 Å². The van der Waals surface area contributed by atoms with Crippen LogP contribution >= 0.6 is 0 Å². The highest BCUT2D eigenvalue weighted by Crippen LogP contribution is 2.32. The van der Waals surface area contributed by atoms with E-state index < -0.39 is 10.0 Å². The number of rotatable bonds is 11. The van der Waals surface area contributed by atoms with E-state index in [0.717, 1.165) is 16.9 Å². The van der Waals surface area contributed by atoms with E-state index in [4.69, 9.17) is 9.47 Å². The number of carbonyl (C=O) groups is 1. The Bertz CT molecular complexity index is 1300. The second kappa shape index (κ2) is 12.1. The van der Waals surface area contributed by atoms with Crippen LogP contribution < -0.4 is 19.1 Å². The van der Waals surface area contributed by atoms with Gasteiger partial charge in [0.15, 0.2) is 0 Å². The summed E-state index contributed by atoms with van der Waals surface area (Å²) in [7, 11) is -3.57. The fraction of sp³-hybridized carbons (Fsp3) is 0.345. The van der Waals surface area contributed by atoms with E-state index in [0.29, 0.717) is 36.8 Å². The van der Waals surface area contributed by atoms with Gasteiger partial charge in [0.05, 0.1) is 31.6 Å². The number of hydrogen-bond acceptors (Lipinski definition) is 5. The molecule has 3 aromatic carbocycles. The lowest BCUT2D eigenvalue weighted by atomic mass is 9.86. The molecule has 8 heteroatoms. The lowest BCUT2D eigenvalue weighted by Gasteiger charge is -2.24. The summed E-state index contributed by atoms with van der Waals surface area (Å²) in [6.45, 7) is 9.49. The van der Waals surface area contributed by atoms with Crippen molar-refractivity contribution in [2.75, 3.05) is 30.3 Å². The Morgan fingerprint density at radius 1 is 0.892 bits per heavy atom. The minimum absolute atomic E-state index is 0.0423. The van der Waals surface area contributed by atoms with E-state index in [1.54, 1.807) is 48.5 Å². The summed E-state index contributed by atoms with van der Waals surface area (Å²) >= 11 is 0. The van der Waals surface area contributed by atoms with Gasteiger partial charge in [0.2, 0.25) is 10.0 Å². The number of amides is 1.